The SMILES string of the molecule is [2H]CCCCSCCOCCOCCSCCC(=O)N(CCCSCCCCSCCC(=O)N(CCCC)CCCSCCCCSCCC(=O)N(CCCC)CCCSCCOCCOCCSCCC(=O)N(CC=C)CCOCCOCC)CCOCCOCC. The van der Waals surface area contributed by atoms with Gasteiger partial charge < -0.3 is 57.5 Å². The predicted molar refractivity (Wildman–Crippen MR) is 409 cm³/mol. The Balaban J connectivity index is 4.10. The van der Waals surface area contributed by atoms with Gasteiger partial charge in [-0.25, -0.2) is 0 Å². The Morgan fingerprint density at radius 1 is 0.304 bits per heavy atom. The van der Waals surface area contributed by atoms with Crippen LogP contribution in [-0.4, -0.2) is 293 Å². The molecular formula is C68H132N4O12S8. The molecule has 0 aliphatic carbocycles. The first-order valence-electron chi connectivity index (χ1n) is 35.7. The Kier molecular flexibility index (Phi) is 75.3. The van der Waals surface area contributed by atoms with Crippen LogP contribution in [0.1, 0.15) is 145 Å². The van der Waals surface area contributed by atoms with Gasteiger partial charge in [0.2, 0.25) is 23.6 Å². The van der Waals surface area contributed by atoms with Gasteiger partial charge in [-0.2, -0.15) is 94.1 Å². The summed E-state index contributed by atoms with van der Waals surface area (Å²) in [5.74, 6) is 16.6. The van der Waals surface area contributed by atoms with Crippen molar-refractivity contribution in [2.75, 3.05) is 250 Å². The number of carbonyl (C=O) groups excluding carboxylic acids is 4. The minimum atomic E-state index is 0.118. The van der Waals surface area contributed by atoms with Crippen molar-refractivity contribution in [1.29, 1.82) is 0 Å². The van der Waals surface area contributed by atoms with Crippen molar-refractivity contribution in [3.8, 4) is 0 Å². The Bertz CT molecular complexity index is 1640. The van der Waals surface area contributed by atoms with E-state index in [2.05, 4.69) is 30.2 Å². The van der Waals surface area contributed by atoms with Crippen molar-refractivity contribution >= 4 is 118 Å². The van der Waals surface area contributed by atoms with Crippen molar-refractivity contribution in [2.45, 2.75) is 144 Å². The van der Waals surface area contributed by atoms with Crippen LogP contribution in [-0.2, 0) is 57.1 Å². The summed E-state index contributed by atoms with van der Waals surface area (Å²) in [7, 11) is 0. The molecule has 0 unspecified atom stereocenters. The topological polar surface area (TPSA) is 155 Å². The average Bonchev–Trinajstić information content (AvgIpc) is 3.79. The van der Waals surface area contributed by atoms with Gasteiger partial charge in [-0.3, -0.25) is 19.2 Å². The van der Waals surface area contributed by atoms with Crippen molar-refractivity contribution in [2.24, 2.45) is 0 Å². The lowest BCUT2D eigenvalue weighted by Gasteiger charge is -2.23. The summed E-state index contributed by atoms with van der Waals surface area (Å²) < 4.78 is 52.1. The molecule has 4 amide bonds. The molecule has 16 nitrogen and oxygen atoms in total. The van der Waals surface area contributed by atoms with Crippen LogP contribution in [0, 0.1) is 0 Å². The summed E-state index contributed by atoms with van der Waals surface area (Å²) in [6.07, 6.45) is 18.1. The van der Waals surface area contributed by atoms with Gasteiger partial charge in [0.05, 0.1) is 92.5 Å². The maximum Gasteiger partial charge on any atom is 0.223 e. The number of thioether (sulfide) groups is 8. The second-order valence-electron chi connectivity index (χ2n) is 21.6. The molecule has 0 heterocycles. The third kappa shape index (κ3) is 64.8. The molecule has 0 atom stereocenters. The zero-order valence-electron chi connectivity index (χ0n) is 59.3. The van der Waals surface area contributed by atoms with E-state index in [1.807, 2.05) is 89.3 Å². The van der Waals surface area contributed by atoms with E-state index in [-0.39, 0.29) is 11.8 Å². The number of unbranched alkanes of at least 4 members (excludes halogenated alkanes) is 5. The van der Waals surface area contributed by atoms with Gasteiger partial charge in [-0.1, -0.05) is 46.1 Å². The fourth-order valence-corrected chi connectivity index (χ4v) is 15.5. The molecule has 0 saturated heterocycles. The van der Waals surface area contributed by atoms with Gasteiger partial charge in [0, 0.05) is 139 Å². The molecule has 0 rings (SSSR count). The fraction of sp³-hybridized carbons (Fsp3) is 0.912. The summed E-state index contributed by atoms with van der Waals surface area (Å²) in [4.78, 5) is 60.3. The number of hydrogen-bond acceptors (Lipinski definition) is 20. The van der Waals surface area contributed by atoms with Crippen LogP contribution in [0.4, 0.5) is 0 Å². The van der Waals surface area contributed by atoms with Crippen LogP contribution in [0.3, 0.4) is 0 Å². The van der Waals surface area contributed by atoms with Crippen LogP contribution in [0.15, 0.2) is 12.7 Å². The standard InChI is InChI=1S/C68H132N4O12S8/c1-7-13-28-70(66(74)23-57-87-53-19-17-51-86-55-22-32-72(34-36-80-40-38-78-12-6)68(76)26-60-92-64-48-83-43-41-81-45-61-89-49-15-9-3)30-20-54-85-50-16-18-52-88-58-24-67(75)71(29-14-8-2)31-21-56-90-62-46-82-42-44-84-47-63-91-59-25-65(73)69(27-10-4)33-35-79-39-37-77-11-5/h10H,4,7-9,11-64H2,1-3,5-6H3/i3D. The molecule has 0 fully saturated rings. The molecule has 0 saturated carbocycles. The van der Waals surface area contributed by atoms with Gasteiger partial charge in [0.1, 0.15) is 0 Å². The first kappa shape index (κ1) is 90.1. The van der Waals surface area contributed by atoms with E-state index in [0.29, 0.717) is 163 Å². The molecule has 0 aromatic rings. The Morgan fingerprint density at radius 2 is 0.576 bits per heavy atom. The first-order chi connectivity index (χ1) is 45.8. The van der Waals surface area contributed by atoms with Crippen LogP contribution < -0.4 is 0 Å². The third-order valence-corrected chi connectivity index (χ3v) is 22.3. The Hall–Kier alpha value is 0.1000. The van der Waals surface area contributed by atoms with Crippen molar-refractivity contribution < 1.29 is 58.4 Å². The van der Waals surface area contributed by atoms with E-state index in [4.69, 9.17) is 39.3 Å². The number of nitrogens with zero attached hydrogens (tertiary/aromatic N) is 4. The summed E-state index contributed by atoms with van der Waals surface area (Å²) in [6.45, 7) is 28.1. The van der Waals surface area contributed by atoms with Crippen LogP contribution in [0.25, 0.3) is 0 Å². The largest absolute Gasteiger partial charge is 0.379 e. The monoisotopic (exact) mass is 1450 g/mol. The molecule has 0 N–H and O–H groups in total. The Labute approximate surface area is 597 Å². The molecule has 544 valence electrons. The molecule has 0 bridgehead atoms. The van der Waals surface area contributed by atoms with Gasteiger partial charge in [-0.05, 0) is 124 Å². The molecule has 92 heavy (non-hydrogen) atoms. The van der Waals surface area contributed by atoms with Gasteiger partial charge in [-0.15, -0.1) is 6.58 Å². The maximum absolute atomic E-state index is 13.3. The van der Waals surface area contributed by atoms with E-state index in [0.717, 1.165) is 196 Å². The summed E-state index contributed by atoms with van der Waals surface area (Å²) in [5.41, 5.74) is 0. The minimum absolute atomic E-state index is 0.118. The highest BCUT2D eigenvalue weighted by Gasteiger charge is 2.17. The van der Waals surface area contributed by atoms with Crippen LogP contribution in [0.2, 0.25) is 0 Å². The van der Waals surface area contributed by atoms with Gasteiger partial charge in [0.25, 0.3) is 0 Å². The smallest absolute Gasteiger partial charge is 0.223 e. The normalized spacial score (nSPS) is 11.6. The van der Waals surface area contributed by atoms with Crippen LogP contribution >= 0.6 is 94.1 Å². The van der Waals surface area contributed by atoms with E-state index in [1.54, 1.807) is 34.5 Å². The summed E-state index contributed by atoms with van der Waals surface area (Å²) >= 11 is 15.1. The number of rotatable bonds is 77. The zero-order chi connectivity index (χ0) is 67.7. The summed E-state index contributed by atoms with van der Waals surface area (Å²) in [6, 6.07) is 0. The second-order valence-corrected chi connectivity index (χ2v) is 31.4. The lowest BCUT2D eigenvalue weighted by Crippen LogP contribution is -2.35. The molecular weight excluding hydrogens is 1320 g/mol. The highest BCUT2D eigenvalue weighted by molar-refractivity contribution is 8.00. The quantitative estimate of drug-likeness (QED) is 0.0418. The lowest BCUT2D eigenvalue weighted by atomic mass is 10.2. The van der Waals surface area contributed by atoms with E-state index in [9.17, 15) is 19.2 Å². The molecule has 0 spiro atoms. The van der Waals surface area contributed by atoms with Crippen LogP contribution in [0.5, 0.6) is 0 Å². The number of carbonyl (C=O) groups is 4. The maximum atomic E-state index is 13.3. The lowest BCUT2D eigenvalue weighted by molar-refractivity contribution is -0.132. The third-order valence-electron chi connectivity index (χ3n) is 13.9. The molecule has 24 heteroatoms. The number of hydrogen-bond donors (Lipinski definition) is 0. The first-order valence-corrected chi connectivity index (χ1v) is 44.3. The molecule has 0 aliphatic heterocycles. The molecule has 0 radical (unpaired) electrons. The Morgan fingerprint density at radius 3 is 0.924 bits per heavy atom. The highest BCUT2D eigenvalue weighted by Crippen LogP contribution is 2.17. The van der Waals surface area contributed by atoms with E-state index < -0.39 is 0 Å². The van der Waals surface area contributed by atoms with Gasteiger partial charge in [0.15, 0.2) is 0 Å². The fourth-order valence-electron chi connectivity index (χ4n) is 8.63. The zero-order valence-corrected chi connectivity index (χ0v) is 64.8. The minimum Gasteiger partial charge on any atom is -0.379 e. The van der Waals surface area contributed by atoms with E-state index in [1.165, 1.54) is 19.3 Å². The molecule has 0 aliphatic rings. The highest BCUT2D eigenvalue weighted by atomic mass is 32.2. The molecule has 0 aromatic heterocycles. The van der Waals surface area contributed by atoms with Gasteiger partial charge >= 0.3 is 0 Å². The van der Waals surface area contributed by atoms with Crippen molar-refractivity contribution in [3.63, 3.8) is 0 Å². The van der Waals surface area contributed by atoms with E-state index >= 15 is 0 Å². The average molecular weight is 1460 g/mol. The second kappa shape index (κ2) is 76.8. The van der Waals surface area contributed by atoms with Crippen molar-refractivity contribution in [3.05, 3.63) is 12.7 Å². The summed E-state index contributed by atoms with van der Waals surface area (Å²) in [5, 5.41) is 0. The van der Waals surface area contributed by atoms with Crippen molar-refractivity contribution in [1.82, 2.24) is 19.6 Å². The number of ether oxygens (including phenoxy) is 8. The molecule has 0 aromatic carbocycles. The predicted octanol–water partition coefficient (Wildman–Crippen LogP) is 13.2. The number of amides is 4.